The van der Waals surface area contributed by atoms with Crippen molar-refractivity contribution in [3.63, 3.8) is 0 Å². The monoisotopic (exact) mass is 395 g/mol. The summed E-state index contributed by atoms with van der Waals surface area (Å²) in [5.41, 5.74) is 0.974. The molecule has 8 heteroatoms. The van der Waals surface area contributed by atoms with Crippen LogP contribution in [0.25, 0.3) is 0 Å². The first-order valence-corrected chi connectivity index (χ1v) is 8.70. The van der Waals surface area contributed by atoms with Crippen LogP contribution in [0, 0.1) is 0 Å². The van der Waals surface area contributed by atoms with Crippen molar-refractivity contribution in [2.45, 2.75) is 13.5 Å². The molecule has 0 bridgehead atoms. The standard InChI is InChI=1S/C18H19Cl2N3O3/c1-13(24)23(11-14-4-6-21-7-5-14)9-8-22-18(25)12-26-17-3-2-15(19)10-16(17)20/h2-7,10H,8-9,11-12H2,1H3,(H,22,25). The fraction of sp³-hybridized carbons (Fsp3) is 0.278. The van der Waals surface area contributed by atoms with E-state index >= 15 is 0 Å². The van der Waals surface area contributed by atoms with Gasteiger partial charge in [-0.25, -0.2) is 0 Å². The number of rotatable bonds is 8. The number of amides is 2. The van der Waals surface area contributed by atoms with Crippen LogP contribution in [0.5, 0.6) is 5.75 Å². The highest BCUT2D eigenvalue weighted by Crippen LogP contribution is 2.27. The van der Waals surface area contributed by atoms with Crippen LogP contribution in [-0.2, 0) is 16.1 Å². The van der Waals surface area contributed by atoms with E-state index in [1.165, 1.54) is 6.92 Å². The van der Waals surface area contributed by atoms with E-state index < -0.39 is 0 Å². The first-order valence-electron chi connectivity index (χ1n) is 7.94. The number of halogens is 2. The van der Waals surface area contributed by atoms with Crippen LogP contribution in [-0.4, -0.2) is 41.4 Å². The maximum absolute atomic E-state index is 11.9. The second-order valence-corrected chi connectivity index (χ2v) is 6.35. The Morgan fingerprint density at radius 2 is 1.92 bits per heavy atom. The molecule has 2 aromatic rings. The van der Waals surface area contributed by atoms with Gasteiger partial charge in [-0.2, -0.15) is 0 Å². The molecule has 138 valence electrons. The van der Waals surface area contributed by atoms with Crippen LogP contribution in [0.15, 0.2) is 42.7 Å². The first kappa shape index (κ1) is 20.0. The quantitative estimate of drug-likeness (QED) is 0.745. The Hall–Kier alpha value is -2.31. The summed E-state index contributed by atoms with van der Waals surface area (Å²) in [4.78, 5) is 29.2. The summed E-state index contributed by atoms with van der Waals surface area (Å²) in [5.74, 6) is 0.0120. The van der Waals surface area contributed by atoms with Gasteiger partial charge < -0.3 is 15.0 Å². The summed E-state index contributed by atoms with van der Waals surface area (Å²) < 4.78 is 5.36. The summed E-state index contributed by atoms with van der Waals surface area (Å²) in [6.45, 7) is 2.50. The summed E-state index contributed by atoms with van der Waals surface area (Å²) in [6.07, 6.45) is 3.35. The largest absolute Gasteiger partial charge is 0.482 e. The van der Waals surface area contributed by atoms with E-state index in [4.69, 9.17) is 27.9 Å². The topological polar surface area (TPSA) is 71.5 Å². The predicted octanol–water partition coefficient (Wildman–Crippen LogP) is 2.93. The number of carbonyl (C=O) groups is 2. The highest BCUT2D eigenvalue weighted by atomic mass is 35.5. The van der Waals surface area contributed by atoms with Gasteiger partial charge in [-0.3, -0.25) is 14.6 Å². The van der Waals surface area contributed by atoms with Crippen LogP contribution < -0.4 is 10.1 Å². The maximum Gasteiger partial charge on any atom is 0.258 e. The molecule has 1 aromatic heterocycles. The Labute approximate surface area is 162 Å². The Kier molecular flexibility index (Phi) is 7.69. The summed E-state index contributed by atoms with van der Waals surface area (Å²) in [6, 6.07) is 8.46. The third-order valence-electron chi connectivity index (χ3n) is 3.52. The summed E-state index contributed by atoms with van der Waals surface area (Å²) in [7, 11) is 0. The fourth-order valence-electron chi connectivity index (χ4n) is 2.17. The molecule has 0 fully saturated rings. The van der Waals surface area contributed by atoms with Gasteiger partial charge in [0.05, 0.1) is 5.02 Å². The van der Waals surface area contributed by atoms with Gasteiger partial charge in [-0.1, -0.05) is 23.2 Å². The lowest BCUT2D eigenvalue weighted by Crippen LogP contribution is -2.38. The van der Waals surface area contributed by atoms with E-state index in [-0.39, 0.29) is 18.4 Å². The predicted molar refractivity (Wildman–Crippen MR) is 100 cm³/mol. The Morgan fingerprint density at radius 3 is 2.58 bits per heavy atom. The average Bonchev–Trinajstić information content (AvgIpc) is 2.61. The number of ether oxygens (including phenoxy) is 1. The normalized spacial score (nSPS) is 10.3. The number of carbonyl (C=O) groups excluding carboxylic acids is 2. The molecule has 0 saturated heterocycles. The lowest BCUT2D eigenvalue weighted by atomic mass is 10.2. The van der Waals surface area contributed by atoms with Crippen LogP contribution in [0.2, 0.25) is 10.0 Å². The third-order valence-corrected chi connectivity index (χ3v) is 4.06. The molecule has 6 nitrogen and oxygen atoms in total. The van der Waals surface area contributed by atoms with Gasteiger partial charge in [0.15, 0.2) is 6.61 Å². The highest BCUT2D eigenvalue weighted by molar-refractivity contribution is 6.35. The molecular formula is C18H19Cl2N3O3. The molecular weight excluding hydrogens is 377 g/mol. The fourth-order valence-corrected chi connectivity index (χ4v) is 2.64. The van der Waals surface area contributed by atoms with E-state index in [0.29, 0.717) is 35.4 Å². The van der Waals surface area contributed by atoms with Gasteiger partial charge in [-0.05, 0) is 35.9 Å². The second kappa shape index (κ2) is 9.99. The minimum Gasteiger partial charge on any atom is -0.482 e. The minimum atomic E-state index is -0.302. The number of pyridine rings is 1. The zero-order valence-corrected chi connectivity index (χ0v) is 15.8. The van der Waals surface area contributed by atoms with Crippen LogP contribution >= 0.6 is 23.2 Å². The van der Waals surface area contributed by atoms with E-state index in [1.807, 2.05) is 12.1 Å². The first-order chi connectivity index (χ1) is 12.5. The Balaban J connectivity index is 1.76. The molecule has 1 heterocycles. The smallest absolute Gasteiger partial charge is 0.258 e. The van der Waals surface area contributed by atoms with E-state index in [0.717, 1.165) is 5.56 Å². The van der Waals surface area contributed by atoms with Crippen molar-refractivity contribution in [3.05, 3.63) is 58.3 Å². The molecule has 0 aliphatic rings. The van der Waals surface area contributed by atoms with Crippen molar-refractivity contribution in [1.82, 2.24) is 15.2 Å². The van der Waals surface area contributed by atoms with Gasteiger partial charge in [-0.15, -0.1) is 0 Å². The number of aromatic nitrogens is 1. The Morgan fingerprint density at radius 1 is 1.19 bits per heavy atom. The number of nitrogens with zero attached hydrogens (tertiary/aromatic N) is 2. The molecule has 0 unspecified atom stereocenters. The molecule has 1 aromatic carbocycles. The zero-order chi connectivity index (χ0) is 18.9. The molecule has 0 aliphatic carbocycles. The van der Waals surface area contributed by atoms with Gasteiger partial charge in [0.25, 0.3) is 5.91 Å². The van der Waals surface area contributed by atoms with Gasteiger partial charge in [0.1, 0.15) is 5.75 Å². The number of benzene rings is 1. The lowest BCUT2D eigenvalue weighted by molar-refractivity contribution is -0.130. The van der Waals surface area contributed by atoms with Crippen molar-refractivity contribution >= 4 is 35.0 Å². The molecule has 0 aliphatic heterocycles. The molecule has 1 N–H and O–H groups in total. The molecule has 2 amide bonds. The number of hydrogen-bond acceptors (Lipinski definition) is 4. The van der Waals surface area contributed by atoms with Gasteiger partial charge in [0, 0.05) is 44.0 Å². The van der Waals surface area contributed by atoms with E-state index in [1.54, 1.807) is 35.5 Å². The van der Waals surface area contributed by atoms with E-state index in [9.17, 15) is 9.59 Å². The lowest BCUT2D eigenvalue weighted by Gasteiger charge is -2.21. The number of hydrogen-bond donors (Lipinski definition) is 1. The third kappa shape index (κ3) is 6.54. The maximum atomic E-state index is 11.9. The van der Waals surface area contributed by atoms with Crippen molar-refractivity contribution in [1.29, 1.82) is 0 Å². The summed E-state index contributed by atoms with van der Waals surface area (Å²) >= 11 is 11.8. The zero-order valence-electron chi connectivity index (χ0n) is 14.2. The van der Waals surface area contributed by atoms with Crippen molar-refractivity contribution in [2.24, 2.45) is 0 Å². The molecule has 26 heavy (non-hydrogen) atoms. The number of nitrogens with one attached hydrogen (secondary N) is 1. The van der Waals surface area contributed by atoms with Crippen molar-refractivity contribution < 1.29 is 14.3 Å². The molecule has 0 saturated carbocycles. The average molecular weight is 396 g/mol. The highest BCUT2D eigenvalue weighted by Gasteiger charge is 2.11. The van der Waals surface area contributed by atoms with Gasteiger partial charge in [0.2, 0.25) is 5.91 Å². The molecule has 0 spiro atoms. The van der Waals surface area contributed by atoms with Crippen LogP contribution in [0.3, 0.4) is 0 Å². The summed E-state index contributed by atoms with van der Waals surface area (Å²) in [5, 5.41) is 3.54. The second-order valence-electron chi connectivity index (χ2n) is 5.51. The van der Waals surface area contributed by atoms with Gasteiger partial charge >= 0.3 is 0 Å². The van der Waals surface area contributed by atoms with Crippen LogP contribution in [0.4, 0.5) is 0 Å². The Bertz CT molecular complexity index is 757. The van der Waals surface area contributed by atoms with Crippen LogP contribution in [0.1, 0.15) is 12.5 Å². The molecule has 0 atom stereocenters. The minimum absolute atomic E-state index is 0.0692. The van der Waals surface area contributed by atoms with E-state index in [2.05, 4.69) is 10.3 Å². The van der Waals surface area contributed by atoms with Crippen molar-refractivity contribution in [2.75, 3.05) is 19.7 Å². The SMILES string of the molecule is CC(=O)N(CCNC(=O)COc1ccc(Cl)cc1Cl)Cc1ccncc1. The molecule has 2 rings (SSSR count). The molecule has 0 radical (unpaired) electrons. The van der Waals surface area contributed by atoms with Crippen molar-refractivity contribution in [3.8, 4) is 5.75 Å².